The molecule has 0 fully saturated rings. The molecule has 0 aromatic heterocycles. The summed E-state index contributed by atoms with van der Waals surface area (Å²) in [5.41, 5.74) is 7.54. The molecule has 112 valence electrons. The highest BCUT2D eigenvalue weighted by molar-refractivity contribution is 5.76. The number of nitrogens with two attached hydrogens (primary N) is 1. The van der Waals surface area contributed by atoms with Crippen molar-refractivity contribution < 1.29 is 4.79 Å². The van der Waals surface area contributed by atoms with E-state index in [2.05, 4.69) is 24.1 Å². The lowest BCUT2D eigenvalue weighted by Gasteiger charge is -2.17. The smallest absolute Gasteiger partial charge is 0.220 e. The summed E-state index contributed by atoms with van der Waals surface area (Å²) in [6, 6.07) is 7.70. The van der Waals surface area contributed by atoms with Crippen LogP contribution in [0.3, 0.4) is 0 Å². The molecule has 0 saturated heterocycles. The summed E-state index contributed by atoms with van der Waals surface area (Å²) in [4.78, 5) is 14.1. The SMILES string of the molecule is CCN(CC)CCCNC(=O)CCc1ccc(N)cc1. The number of hydrogen-bond donors (Lipinski definition) is 2. The third-order valence-corrected chi connectivity index (χ3v) is 3.49. The number of nitrogen functional groups attached to an aromatic ring is 1. The highest BCUT2D eigenvalue weighted by Gasteiger charge is 2.03. The molecule has 0 radical (unpaired) electrons. The van der Waals surface area contributed by atoms with Gasteiger partial charge in [-0.1, -0.05) is 26.0 Å². The molecule has 0 bridgehead atoms. The molecule has 1 aromatic carbocycles. The predicted octanol–water partition coefficient (Wildman–Crippen LogP) is 2.05. The fraction of sp³-hybridized carbons (Fsp3) is 0.562. The highest BCUT2D eigenvalue weighted by Crippen LogP contribution is 2.07. The minimum absolute atomic E-state index is 0.126. The van der Waals surface area contributed by atoms with Crippen molar-refractivity contribution in [2.45, 2.75) is 33.1 Å². The molecule has 0 aliphatic heterocycles. The van der Waals surface area contributed by atoms with E-state index >= 15 is 0 Å². The quantitative estimate of drug-likeness (QED) is 0.536. The van der Waals surface area contributed by atoms with Gasteiger partial charge in [-0.15, -0.1) is 0 Å². The van der Waals surface area contributed by atoms with E-state index in [0.717, 1.165) is 50.3 Å². The minimum atomic E-state index is 0.126. The second-order valence-corrected chi connectivity index (χ2v) is 4.97. The zero-order chi connectivity index (χ0) is 14.8. The van der Waals surface area contributed by atoms with Crippen LogP contribution >= 0.6 is 0 Å². The van der Waals surface area contributed by atoms with Crippen molar-refractivity contribution in [2.24, 2.45) is 0 Å². The number of anilines is 1. The Morgan fingerprint density at radius 1 is 1.20 bits per heavy atom. The van der Waals surface area contributed by atoms with Crippen molar-refractivity contribution in [1.29, 1.82) is 0 Å². The van der Waals surface area contributed by atoms with Crippen LogP contribution in [-0.2, 0) is 11.2 Å². The van der Waals surface area contributed by atoms with E-state index in [-0.39, 0.29) is 5.91 Å². The van der Waals surface area contributed by atoms with Gasteiger partial charge in [-0.2, -0.15) is 0 Å². The Labute approximate surface area is 122 Å². The largest absolute Gasteiger partial charge is 0.399 e. The molecule has 4 nitrogen and oxygen atoms in total. The third-order valence-electron chi connectivity index (χ3n) is 3.49. The third kappa shape index (κ3) is 6.57. The average Bonchev–Trinajstić information content (AvgIpc) is 2.47. The molecular weight excluding hydrogens is 250 g/mol. The Morgan fingerprint density at radius 3 is 2.45 bits per heavy atom. The van der Waals surface area contributed by atoms with Crippen LogP contribution in [0, 0.1) is 0 Å². The number of aryl methyl sites for hydroxylation is 1. The Kier molecular flexibility index (Phi) is 7.73. The first-order chi connectivity index (χ1) is 9.65. The van der Waals surface area contributed by atoms with Gasteiger partial charge >= 0.3 is 0 Å². The number of amides is 1. The zero-order valence-electron chi connectivity index (χ0n) is 12.7. The Hall–Kier alpha value is -1.55. The van der Waals surface area contributed by atoms with E-state index in [9.17, 15) is 4.79 Å². The molecule has 0 heterocycles. The molecule has 20 heavy (non-hydrogen) atoms. The summed E-state index contributed by atoms with van der Waals surface area (Å²) in [5, 5.41) is 2.98. The van der Waals surface area contributed by atoms with E-state index in [4.69, 9.17) is 5.73 Å². The number of benzene rings is 1. The van der Waals surface area contributed by atoms with Crippen LogP contribution in [0.4, 0.5) is 5.69 Å². The van der Waals surface area contributed by atoms with Gasteiger partial charge in [0.2, 0.25) is 5.91 Å². The zero-order valence-corrected chi connectivity index (χ0v) is 12.7. The molecule has 1 rings (SSSR count). The average molecular weight is 277 g/mol. The number of rotatable bonds is 9. The van der Waals surface area contributed by atoms with Gasteiger partial charge in [0, 0.05) is 18.7 Å². The first-order valence-electron chi connectivity index (χ1n) is 7.49. The first kappa shape index (κ1) is 16.5. The first-order valence-corrected chi connectivity index (χ1v) is 7.49. The van der Waals surface area contributed by atoms with Gasteiger partial charge in [0.05, 0.1) is 0 Å². The van der Waals surface area contributed by atoms with E-state index < -0.39 is 0 Å². The van der Waals surface area contributed by atoms with Gasteiger partial charge in [-0.05, 0) is 50.2 Å². The molecule has 1 amide bonds. The van der Waals surface area contributed by atoms with Crippen molar-refractivity contribution >= 4 is 11.6 Å². The molecule has 0 unspecified atom stereocenters. The van der Waals surface area contributed by atoms with Gasteiger partial charge in [0.25, 0.3) is 0 Å². The molecule has 1 aromatic rings. The van der Waals surface area contributed by atoms with Crippen molar-refractivity contribution in [2.75, 3.05) is 31.9 Å². The lowest BCUT2D eigenvalue weighted by Crippen LogP contribution is -2.30. The van der Waals surface area contributed by atoms with E-state index in [1.165, 1.54) is 0 Å². The second kappa shape index (κ2) is 9.37. The summed E-state index contributed by atoms with van der Waals surface area (Å²) in [5.74, 6) is 0.126. The highest BCUT2D eigenvalue weighted by atomic mass is 16.1. The van der Waals surface area contributed by atoms with Crippen LogP contribution in [0.15, 0.2) is 24.3 Å². The maximum Gasteiger partial charge on any atom is 0.220 e. The molecule has 0 atom stereocenters. The number of hydrogen-bond acceptors (Lipinski definition) is 3. The van der Waals surface area contributed by atoms with Gasteiger partial charge in [0.15, 0.2) is 0 Å². The molecule has 0 aliphatic carbocycles. The van der Waals surface area contributed by atoms with Crippen molar-refractivity contribution in [3.05, 3.63) is 29.8 Å². The lowest BCUT2D eigenvalue weighted by atomic mass is 10.1. The van der Waals surface area contributed by atoms with Crippen molar-refractivity contribution in [1.82, 2.24) is 10.2 Å². The normalized spacial score (nSPS) is 10.8. The van der Waals surface area contributed by atoms with Gasteiger partial charge < -0.3 is 16.0 Å². The van der Waals surface area contributed by atoms with Crippen LogP contribution in [0.5, 0.6) is 0 Å². The van der Waals surface area contributed by atoms with Crippen molar-refractivity contribution in [3.8, 4) is 0 Å². The summed E-state index contributed by atoms with van der Waals surface area (Å²) in [6.45, 7) is 8.27. The molecule has 0 spiro atoms. The number of carbonyl (C=O) groups excluding carboxylic acids is 1. The molecule has 3 N–H and O–H groups in total. The summed E-state index contributed by atoms with van der Waals surface area (Å²) in [6.07, 6.45) is 2.31. The number of nitrogens with one attached hydrogen (secondary N) is 1. The number of carbonyl (C=O) groups is 1. The second-order valence-electron chi connectivity index (χ2n) is 4.97. The maximum atomic E-state index is 11.7. The molecule has 0 saturated carbocycles. The van der Waals surface area contributed by atoms with Gasteiger partial charge in [-0.25, -0.2) is 0 Å². The van der Waals surface area contributed by atoms with Crippen LogP contribution in [-0.4, -0.2) is 37.0 Å². The fourth-order valence-corrected chi connectivity index (χ4v) is 2.10. The summed E-state index contributed by atoms with van der Waals surface area (Å²) < 4.78 is 0. The Balaban J connectivity index is 2.13. The van der Waals surface area contributed by atoms with E-state index in [1.807, 2.05) is 24.3 Å². The summed E-state index contributed by atoms with van der Waals surface area (Å²) in [7, 11) is 0. The molecule has 0 aliphatic rings. The monoisotopic (exact) mass is 277 g/mol. The lowest BCUT2D eigenvalue weighted by molar-refractivity contribution is -0.121. The van der Waals surface area contributed by atoms with Crippen LogP contribution in [0.25, 0.3) is 0 Å². The van der Waals surface area contributed by atoms with Crippen molar-refractivity contribution in [3.63, 3.8) is 0 Å². The van der Waals surface area contributed by atoms with E-state index in [1.54, 1.807) is 0 Å². The molecule has 4 heteroatoms. The van der Waals surface area contributed by atoms with E-state index in [0.29, 0.717) is 6.42 Å². The fourth-order valence-electron chi connectivity index (χ4n) is 2.10. The van der Waals surface area contributed by atoms with Crippen LogP contribution < -0.4 is 11.1 Å². The topological polar surface area (TPSA) is 58.4 Å². The van der Waals surface area contributed by atoms with Gasteiger partial charge in [0.1, 0.15) is 0 Å². The summed E-state index contributed by atoms with van der Waals surface area (Å²) >= 11 is 0. The number of nitrogens with zero attached hydrogens (tertiary/aromatic N) is 1. The van der Waals surface area contributed by atoms with Crippen LogP contribution in [0.2, 0.25) is 0 Å². The Morgan fingerprint density at radius 2 is 1.85 bits per heavy atom. The Bertz CT molecular complexity index is 385. The van der Waals surface area contributed by atoms with Gasteiger partial charge in [-0.3, -0.25) is 4.79 Å². The standard InChI is InChI=1S/C16H27N3O/c1-3-19(4-2)13-5-12-18-16(20)11-8-14-6-9-15(17)10-7-14/h6-7,9-10H,3-5,8,11-13,17H2,1-2H3,(H,18,20). The molecular formula is C16H27N3O. The predicted molar refractivity (Wildman–Crippen MR) is 84.6 cm³/mol. The maximum absolute atomic E-state index is 11.7. The van der Waals surface area contributed by atoms with Crippen LogP contribution in [0.1, 0.15) is 32.3 Å². The minimum Gasteiger partial charge on any atom is -0.399 e.